The van der Waals surface area contributed by atoms with Gasteiger partial charge in [-0.15, -0.1) is 11.3 Å². The zero-order valence-electron chi connectivity index (χ0n) is 8.13. The van der Waals surface area contributed by atoms with E-state index in [2.05, 4.69) is 18.3 Å². The molecule has 2 nitrogen and oxygen atoms in total. The van der Waals surface area contributed by atoms with Crippen LogP contribution in [0.5, 0.6) is 0 Å². The Hall–Kier alpha value is -0.850. The Labute approximate surface area is 87.6 Å². The van der Waals surface area contributed by atoms with Crippen LogP contribution in [0.3, 0.4) is 0 Å². The summed E-state index contributed by atoms with van der Waals surface area (Å²) in [5.41, 5.74) is 2.62. The van der Waals surface area contributed by atoms with Crippen molar-refractivity contribution in [3.63, 3.8) is 0 Å². The van der Waals surface area contributed by atoms with Crippen LogP contribution in [-0.2, 0) is 5.41 Å². The van der Waals surface area contributed by atoms with Crippen LogP contribution in [0.25, 0.3) is 0 Å². The standard InChI is InChI=1S/C11H12N2S/c1-7-2-11(5-13-6-11)9-8(3-12)4-14-10(7)9/h4,7,13H,2,5-6H2,1H3. The molecule has 1 fully saturated rings. The quantitative estimate of drug-likeness (QED) is 0.701. The van der Waals surface area contributed by atoms with Gasteiger partial charge in [0.15, 0.2) is 0 Å². The SMILES string of the molecule is CC1CC2(CNC2)c2c(C#N)csc21. The number of fused-ring (bicyclic) bond motifs is 2. The van der Waals surface area contributed by atoms with Crippen molar-refractivity contribution < 1.29 is 0 Å². The summed E-state index contributed by atoms with van der Waals surface area (Å²) in [6.07, 6.45) is 1.23. The molecule has 0 aromatic carbocycles. The molecule has 0 bridgehead atoms. The number of thiophene rings is 1. The molecule has 0 saturated carbocycles. The second-order valence-corrected chi connectivity index (χ2v) is 5.40. The van der Waals surface area contributed by atoms with Crippen molar-refractivity contribution in [3.8, 4) is 6.07 Å². The third-order valence-corrected chi connectivity index (χ3v) is 4.76. The highest BCUT2D eigenvalue weighted by molar-refractivity contribution is 7.10. The Balaban J connectivity index is 2.19. The highest BCUT2D eigenvalue weighted by atomic mass is 32.1. The molecule has 2 heterocycles. The van der Waals surface area contributed by atoms with E-state index in [1.807, 2.05) is 5.38 Å². The first-order valence-electron chi connectivity index (χ1n) is 4.99. The van der Waals surface area contributed by atoms with E-state index in [-0.39, 0.29) is 0 Å². The first-order chi connectivity index (χ1) is 6.77. The van der Waals surface area contributed by atoms with Crippen LogP contribution in [0.15, 0.2) is 5.38 Å². The predicted octanol–water partition coefficient (Wildman–Crippen LogP) is 1.97. The van der Waals surface area contributed by atoms with E-state index < -0.39 is 0 Å². The molecule has 0 amide bonds. The smallest absolute Gasteiger partial charge is 0.100 e. The summed E-state index contributed by atoms with van der Waals surface area (Å²) >= 11 is 1.77. The minimum Gasteiger partial charge on any atom is -0.315 e. The lowest BCUT2D eigenvalue weighted by atomic mass is 9.75. The van der Waals surface area contributed by atoms with E-state index in [0.29, 0.717) is 11.3 Å². The Bertz CT molecular complexity index is 423. The zero-order chi connectivity index (χ0) is 9.76. The maximum Gasteiger partial charge on any atom is 0.100 e. The van der Waals surface area contributed by atoms with Gasteiger partial charge >= 0.3 is 0 Å². The van der Waals surface area contributed by atoms with Crippen LogP contribution in [0, 0.1) is 11.3 Å². The van der Waals surface area contributed by atoms with Gasteiger partial charge in [-0.25, -0.2) is 0 Å². The molecule has 3 heteroatoms. The van der Waals surface area contributed by atoms with E-state index in [0.717, 1.165) is 18.7 Å². The molecule has 1 N–H and O–H groups in total. The molecule has 1 aliphatic carbocycles. The maximum absolute atomic E-state index is 9.07. The average Bonchev–Trinajstić information content (AvgIpc) is 2.64. The Morgan fingerprint density at radius 1 is 1.64 bits per heavy atom. The van der Waals surface area contributed by atoms with Crippen LogP contribution < -0.4 is 5.32 Å². The van der Waals surface area contributed by atoms with E-state index in [1.54, 1.807) is 11.3 Å². The number of hydrogen-bond donors (Lipinski definition) is 1. The third kappa shape index (κ3) is 0.832. The highest BCUT2D eigenvalue weighted by Gasteiger charge is 2.48. The molecule has 2 aliphatic rings. The molecule has 1 aromatic heterocycles. The minimum absolute atomic E-state index is 0.319. The molecule has 14 heavy (non-hydrogen) atoms. The van der Waals surface area contributed by atoms with Crippen LogP contribution in [0.4, 0.5) is 0 Å². The molecule has 1 atom stereocenters. The lowest BCUT2D eigenvalue weighted by Crippen LogP contribution is -2.55. The molecule has 1 saturated heterocycles. The lowest BCUT2D eigenvalue weighted by molar-refractivity contribution is 0.267. The van der Waals surface area contributed by atoms with E-state index in [1.165, 1.54) is 16.9 Å². The van der Waals surface area contributed by atoms with Gasteiger partial charge in [-0.05, 0) is 17.9 Å². The zero-order valence-corrected chi connectivity index (χ0v) is 8.95. The van der Waals surface area contributed by atoms with Gasteiger partial charge < -0.3 is 5.32 Å². The van der Waals surface area contributed by atoms with E-state index in [4.69, 9.17) is 5.26 Å². The Morgan fingerprint density at radius 3 is 3.00 bits per heavy atom. The van der Waals surface area contributed by atoms with Crippen molar-refractivity contribution in [1.82, 2.24) is 5.32 Å². The van der Waals surface area contributed by atoms with Crippen molar-refractivity contribution in [2.75, 3.05) is 13.1 Å². The maximum atomic E-state index is 9.07. The summed E-state index contributed by atoms with van der Waals surface area (Å²) in [6.45, 7) is 4.41. The van der Waals surface area contributed by atoms with Crippen molar-refractivity contribution in [2.24, 2.45) is 0 Å². The molecular formula is C11H12N2S. The largest absolute Gasteiger partial charge is 0.315 e. The second kappa shape index (κ2) is 2.59. The number of nitrogens with one attached hydrogen (secondary N) is 1. The number of nitrogens with zero attached hydrogens (tertiary/aromatic N) is 1. The van der Waals surface area contributed by atoms with Crippen molar-refractivity contribution in [1.29, 1.82) is 5.26 Å². The average molecular weight is 204 g/mol. The summed E-state index contributed by atoms with van der Waals surface area (Å²) in [6, 6.07) is 2.33. The topological polar surface area (TPSA) is 35.8 Å². The third-order valence-electron chi connectivity index (χ3n) is 3.54. The van der Waals surface area contributed by atoms with Crippen LogP contribution in [0.1, 0.15) is 35.3 Å². The molecule has 1 aliphatic heterocycles. The van der Waals surface area contributed by atoms with Gasteiger partial charge in [0.2, 0.25) is 0 Å². The fraction of sp³-hybridized carbons (Fsp3) is 0.545. The van der Waals surface area contributed by atoms with Gasteiger partial charge in [0, 0.05) is 28.8 Å². The monoisotopic (exact) mass is 204 g/mol. The summed E-state index contributed by atoms with van der Waals surface area (Å²) in [4.78, 5) is 1.46. The summed E-state index contributed by atoms with van der Waals surface area (Å²) in [5, 5.41) is 14.4. The first kappa shape index (κ1) is 8.46. The van der Waals surface area contributed by atoms with E-state index >= 15 is 0 Å². The normalized spacial score (nSPS) is 27.0. The predicted molar refractivity (Wildman–Crippen MR) is 56.6 cm³/mol. The molecule has 1 unspecified atom stereocenters. The summed E-state index contributed by atoms with van der Waals surface area (Å²) in [5.74, 6) is 0.652. The van der Waals surface area contributed by atoms with Gasteiger partial charge in [0.1, 0.15) is 6.07 Å². The minimum atomic E-state index is 0.319. The summed E-state index contributed by atoms with van der Waals surface area (Å²) in [7, 11) is 0. The van der Waals surface area contributed by atoms with E-state index in [9.17, 15) is 0 Å². The van der Waals surface area contributed by atoms with Gasteiger partial charge in [0.25, 0.3) is 0 Å². The van der Waals surface area contributed by atoms with Crippen LogP contribution in [0.2, 0.25) is 0 Å². The first-order valence-corrected chi connectivity index (χ1v) is 5.87. The summed E-state index contributed by atoms with van der Waals surface area (Å²) < 4.78 is 0. The molecule has 3 rings (SSSR count). The van der Waals surface area contributed by atoms with Gasteiger partial charge in [0.05, 0.1) is 5.56 Å². The molecular weight excluding hydrogens is 192 g/mol. The highest BCUT2D eigenvalue weighted by Crippen LogP contribution is 2.52. The molecule has 0 radical (unpaired) electrons. The lowest BCUT2D eigenvalue weighted by Gasteiger charge is -2.40. The molecule has 1 spiro atoms. The van der Waals surface area contributed by atoms with Crippen molar-refractivity contribution >= 4 is 11.3 Å². The number of hydrogen-bond acceptors (Lipinski definition) is 3. The molecule has 1 aromatic rings. The van der Waals surface area contributed by atoms with Crippen LogP contribution in [-0.4, -0.2) is 13.1 Å². The van der Waals surface area contributed by atoms with Crippen molar-refractivity contribution in [2.45, 2.75) is 24.7 Å². The number of rotatable bonds is 0. The molecule has 72 valence electrons. The fourth-order valence-corrected chi connectivity index (χ4v) is 4.07. The van der Waals surface area contributed by atoms with Crippen molar-refractivity contribution in [3.05, 3.63) is 21.4 Å². The second-order valence-electron chi connectivity index (χ2n) is 4.49. The van der Waals surface area contributed by atoms with Gasteiger partial charge in [-0.2, -0.15) is 5.26 Å². The number of nitriles is 1. The Morgan fingerprint density at radius 2 is 2.43 bits per heavy atom. The fourth-order valence-electron chi connectivity index (χ4n) is 2.89. The van der Waals surface area contributed by atoms with Gasteiger partial charge in [-0.1, -0.05) is 6.92 Å². The van der Waals surface area contributed by atoms with Crippen LogP contribution >= 0.6 is 11.3 Å². The Kier molecular flexibility index (Phi) is 1.56. The van der Waals surface area contributed by atoms with Gasteiger partial charge in [-0.3, -0.25) is 0 Å².